The molecule has 30 heavy (non-hydrogen) atoms. The zero-order valence-electron chi connectivity index (χ0n) is 18.1. The summed E-state index contributed by atoms with van der Waals surface area (Å²) in [7, 11) is -1.76. The number of halogens is 1. The fourth-order valence-electron chi connectivity index (χ4n) is 4.27. The zero-order chi connectivity index (χ0) is 21.9. The minimum absolute atomic E-state index is 0.104. The van der Waals surface area contributed by atoms with Crippen LogP contribution in [0.3, 0.4) is 0 Å². The first-order valence-electron chi connectivity index (χ1n) is 10.7. The number of benzene rings is 1. The van der Waals surface area contributed by atoms with E-state index < -0.39 is 10.2 Å². The lowest BCUT2D eigenvalue weighted by molar-refractivity contribution is -0.121. The van der Waals surface area contributed by atoms with Crippen molar-refractivity contribution in [2.45, 2.75) is 58.0 Å². The first-order valence-corrected chi connectivity index (χ1v) is 12.5. The molecular formula is C21H33ClN4O3S. The van der Waals surface area contributed by atoms with E-state index >= 15 is 0 Å². The van der Waals surface area contributed by atoms with Crippen molar-refractivity contribution in [1.29, 1.82) is 0 Å². The number of hydrogen-bond donors (Lipinski definition) is 1. The number of hydrogen-bond acceptors (Lipinski definition) is 4. The van der Waals surface area contributed by atoms with E-state index in [1.54, 1.807) is 27.8 Å². The first-order chi connectivity index (χ1) is 14.2. The highest BCUT2D eigenvalue weighted by molar-refractivity contribution is 7.86. The fraction of sp³-hybridized carbons (Fsp3) is 0.667. The summed E-state index contributed by atoms with van der Waals surface area (Å²) < 4.78 is 29.2. The standard InChI is InChI=1S/C21H33ClN4O3S/c1-16-9-10-18(22)15-20(16)23-21(27)17(2)25-11-13-26(14-12-25)30(28,29)24(3)19-7-5-4-6-8-19/h9-10,15,17,19H,4-8,11-14H2,1-3H3,(H,23,27). The number of aryl methyl sites for hydroxylation is 1. The van der Waals surface area contributed by atoms with Gasteiger partial charge in [-0.1, -0.05) is 36.9 Å². The van der Waals surface area contributed by atoms with E-state index in [1.807, 2.05) is 24.8 Å². The summed E-state index contributed by atoms with van der Waals surface area (Å²) in [6.07, 6.45) is 5.26. The van der Waals surface area contributed by atoms with Crippen molar-refractivity contribution in [2.24, 2.45) is 0 Å². The molecular weight excluding hydrogens is 424 g/mol. The van der Waals surface area contributed by atoms with Crippen LogP contribution in [-0.4, -0.2) is 73.1 Å². The zero-order valence-corrected chi connectivity index (χ0v) is 19.7. The Labute approximate surface area is 185 Å². The van der Waals surface area contributed by atoms with E-state index in [9.17, 15) is 13.2 Å². The van der Waals surface area contributed by atoms with E-state index in [1.165, 1.54) is 6.42 Å². The Morgan fingerprint density at radius 1 is 1.17 bits per heavy atom. The molecule has 2 aliphatic rings. The summed E-state index contributed by atoms with van der Waals surface area (Å²) in [5.41, 5.74) is 1.65. The largest absolute Gasteiger partial charge is 0.324 e. The Hall–Kier alpha value is -1.19. The van der Waals surface area contributed by atoms with Crippen LogP contribution in [0.25, 0.3) is 0 Å². The lowest BCUT2D eigenvalue weighted by Crippen LogP contribution is -2.57. The maximum Gasteiger partial charge on any atom is 0.282 e. The Balaban J connectivity index is 1.56. The summed E-state index contributed by atoms with van der Waals surface area (Å²) >= 11 is 6.04. The maximum atomic E-state index is 13.0. The summed E-state index contributed by atoms with van der Waals surface area (Å²) in [5.74, 6) is -0.115. The van der Waals surface area contributed by atoms with Gasteiger partial charge in [-0.25, -0.2) is 0 Å². The topological polar surface area (TPSA) is 73.0 Å². The fourth-order valence-corrected chi connectivity index (χ4v) is 6.02. The normalized spacial score (nSPS) is 21.0. The molecule has 168 valence electrons. The van der Waals surface area contributed by atoms with E-state index in [-0.39, 0.29) is 18.0 Å². The third-order valence-electron chi connectivity index (χ3n) is 6.44. The number of amides is 1. The third kappa shape index (κ3) is 5.34. The van der Waals surface area contributed by atoms with Crippen LogP contribution in [0.2, 0.25) is 5.02 Å². The van der Waals surface area contributed by atoms with Crippen LogP contribution < -0.4 is 5.32 Å². The molecule has 0 bridgehead atoms. The van der Waals surface area contributed by atoms with Crippen LogP contribution in [0.4, 0.5) is 5.69 Å². The predicted octanol–water partition coefficient (Wildman–Crippen LogP) is 3.10. The molecule has 1 aliphatic carbocycles. The number of carbonyl (C=O) groups excluding carboxylic acids is 1. The summed E-state index contributed by atoms with van der Waals surface area (Å²) in [6.45, 7) is 5.62. The molecule has 3 rings (SSSR count). The van der Waals surface area contributed by atoms with Crippen LogP contribution in [0, 0.1) is 6.92 Å². The Morgan fingerprint density at radius 2 is 1.80 bits per heavy atom. The molecule has 0 aromatic heterocycles. The molecule has 1 unspecified atom stereocenters. The molecule has 7 nitrogen and oxygen atoms in total. The number of nitrogens with one attached hydrogen (secondary N) is 1. The molecule has 1 atom stereocenters. The van der Waals surface area contributed by atoms with Gasteiger partial charge in [-0.3, -0.25) is 9.69 Å². The lowest BCUT2D eigenvalue weighted by atomic mass is 9.96. The van der Waals surface area contributed by atoms with Crippen LogP contribution >= 0.6 is 11.6 Å². The lowest BCUT2D eigenvalue weighted by Gasteiger charge is -2.40. The number of rotatable bonds is 6. The van der Waals surface area contributed by atoms with Gasteiger partial charge in [-0.2, -0.15) is 17.0 Å². The molecule has 2 fully saturated rings. The number of carbonyl (C=O) groups is 1. The third-order valence-corrected chi connectivity index (χ3v) is 8.72. The smallest absolute Gasteiger partial charge is 0.282 e. The molecule has 1 saturated carbocycles. The molecule has 0 radical (unpaired) electrons. The van der Waals surface area contributed by atoms with Gasteiger partial charge in [0.1, 0.15) is 0 Å². The highest BCUT2D eigenvalue weighted by Gasteiger charge is 2.36. The van der Waals surface area contributed by atoms with Gasteiger partial charge in [0.25, 0.3) is 10.2 Å². The van der Waals surface area contributed by atoms with Crippen molar-refractivity contribution < 1.29 is 13.2 Å². The van der Waals surface area contributed by atoms with Crippen LogP contribution in [0.5, 0.6) is 0 Å². The van der Waals surface area contributed by atoms with Crippen molar-refractivity contribution in [3.63, 3.8) is 0 Å². The van der Waals surface area contributed by atoms with Crippen molar-refractivity contribution in [2.75, 3.05) is 38.5 Å². The summed E-state index contributed by atoms with van der Waals surface area (Å²) in [6, 6.07) is 5.15. The molecule has 1 heterocycles. The van der Waals surface area contributed by atoms with Crippen molar-refractivity contribution in [3.05, 3.63) is 28.8 Å². The van der Waals surface area contributed by atoms with E-state index in [0.717, 1.165) is 31.2 Å². The highest BCUT2D eigenvalue weighted by Crippen LogP contribution is 2.25. The minimum atomic E-state index is -3.47. The Kier molecular flexibility index (Phi) is 7.79. The monoisotopic (exact) mass is 456 g/mol. The summed E-state index contributed by atoms with van der Waals surface area (Å²) in [4.78, 5) is 14.8. The van der Waals surface area contributed by atoms with E-state index in [2.05, 4.69) is 5.32 Å². The minimum Gasteiger partial charge on any atom is -0.324 e. The molecule has 0 spiro atoms. The molecule has 1 aliphatic heterocycles. The van der Waals surface area contributed by atoms with Crippen molar-refractivity contribution >= 4 is 33.4 Å². The van der Waals surface area contributed by atoms with Gasteiger partial charge in [0.2, 0.25) is 5.91 Å². The Bertz CT molecular complexity index is 850. The van der Waals surface area contributed by atoms with Gasteiger partial charge in [-0.15, -0.1) is 0 Å². The van der Waals surface area contributed by atoms with Crippen LogP contribution in [-0.2, 0) is 15.0 Å². The molecule has 1 saturated heterocycles. The second kappa shape index (κ2) is 9.96. The molecule has 1 N–H and O–H groups in total. The van der Waals surface area contributed by atoms with Crippen molar-refractivity contribution in [1.82, 2.24) is 13.5 Å². The van der Waals surface area contributed by atoms with E-state index in [0.29, 0.717) is 36.9 Å². The molecule has 1 aromatic carbocycles. The van der Waals surface area contributed by atoms with Gasteiger partial charge in [-0.05, 0) is 44.4 Å². The highest BCUT2D eigenvalue weighted by atomic mass is 35.5. The SMILES string of the molecule is Cc1ccc(Cl)cc1NC(=O)C(C)N1CCN(S(=O)(=O)N(C)C2CCCCC2)CC1. The van der Waals surface area contributed by atoms with E-state index in [4.69, 9.17) is 11.6 Å². The average Bonchev–Trinajstić information content (AvgIpc) is 2.75. The molecule has 9 heteroatoms. The summed E-state index contributed by atoms with van der Waals surface area (Å²) in [5, 5.41) is 3.52. The maximum absolute atomic E-state index is 13.0. The van der Waals surface area contributed by atoms with Gasteiger partial charge in [0.05, 0.1) is 6.04 Å². The number of nitrogens with zero attached hydrogens (tertiary/aromatic N) is 3. The number of piperazine rings is 1. The quantitative estimate of drug-likeness (QED) is 0.713. The Morgan fingerprint density at radius 3 is 2.43 bits per heavy atom. The second-order valence-corrected chi connectivity index (χ2v) is 10.8. The van der Waals surface area contributed by atoms with Crippen molar-refractivity contribution in [3.8, 4) is 0 Å². The first kappa shape index (κ1) is 23.5. The number of anilines is 1. The van der Waals surface area contributed by atoms with Gasteiger partial charge >= 0.3 is 0 Å². The molecule has 1 amide bonds. The second-order valence-electron chi connectivity index (χ2n) is 8.38. The average molecular weight is 457 g/mol. The van der Waals surface area contributed by atoms with Gasteiger partial charge in [0.15, 0.2) is 0 Å². The van der Waals surface area contributed by atoms with Crippen LogP contribution in [0.1, 0.15) is 44.6 Å². The van der Waals surface area contributed by atoms with Gasteiger partial charge < -0.3 is 5.32 Å². The molecule has 1 aromatic rings. The van der Waals surface area contributed by atoms with Gasteiger partial charge in [0, 0.05) is 50.0 Å². The van der Waals surface area contributed by atoms with Crippen LogP contribution in [0.15, 0.2) is 18.2 Å². The predicted molar refractivity (Wildman–Crippen MR) is 121 cm³/mol.